The number of rotatable bonds is 4. The van der Waals surface area contributed by atoms with E-state index in [0.717, 1.165) is 4.90 Å². The van der Waals surface area contributed by atoms with E-state index in [1.165, 1.54) is 24.1 Å². The molecule has 2 aromatic rings. The number of benzene rings is 1. The second-order valence-electron chi connectivity index (χ2n) is 4.90. The molecule has 0 bridgehead atoms. The average Bonchev–Trinajstić information content (AvgIpc) is 2.95. The Balaban J connectivity index is 2.12. The highest BCUT2D eigenvalue weighted by atomic mass is 35.5. The van der Waals surface area contributed by atoms with E-state index in [4.69, 9.17) is 16.7 Å². The van der Waals surface area contributed by atoms with Crippen molar-refractivity contribution in [3.05, 3.63) is 47.2 Å². The molecule has 1 heterocycles. The number of halogens is 4. The van der Waals surface area contributed by atoms with Gasteiger partial charge in [-0.3, -0.25) is 4.79 Å². The fraction of sp³-hybridized carbons (Fsp3) is 0.286. The van der Waals surface area contributed by atoms with Crippen molar-refractivity contribution < 1.29 is 23.1 Å². The lowest BCUT2D eigenvalue weighted by Gasteiger charge is -2.21. The Morgan fingerprint density at radius 3 is 2.78 bits per heavy atom. The van der Waals surface area contributed by atoms with Crippen LogP contribution >= 0.6 is 11.6 Å². The number of hydrogen-bond donors (Lipinski definition) is 1. The van der Waals surface area contributed by atoms with E-state index >= 15 is 0 Å². The predicted octanol–water partition coefficient (Wildman–Crippen LogP) is 2.52. The molecule has 5 nitrogen and oxygen atoms in total. The van der Waals surface area contributed by atoms with E-state index in [0.29, 0.717) is 10.7 Å². The first-order valence-corrected chi connectivity index (χ1v) is 6.87. The molecule has 2 rings (SSSR count). The first-order chi connectivity index (χ1) is 10.7. The van der Waals surface area contributed by atoms with Crippen molar-refractivity contribution in [3.8, 4) is 5.69 Å². The average molecular weight is 348 g/mol. The third kappa shape index (κ3) is 4.23. The molecule has 1 unspecified atom stereocenters. The lowest BCUT2D eigenvalue weighted by atomic mass is 10.2. The fourth-order valence-electron chi connectivity index (χ4n) is 1.86. The summed E-state index contributed by atoms with van der Waals surface area (Å²) in [6.45, 7) is -0.856. The van der Waals surface area contributed by atoms with Gasteiger partial charge in [0.25, 0.3) is 5.91 Å². The number of carbonyl (C=O) groups is 1. The first kappa shape index (κ1) is 17.3. The number of amides is 1. The van der Waals surface area contributed by atoms with Gasteiger partial charge in [0.1, 0.15) is 0 Å². The predicted molar refractivity (Wildman–Crippen MR) is 77.6 cm³/mol. The standard InChI is InChI=1S/C14H13ClF3N3O2/c1-20(8-12(22)14(16,17)18)13(23)9-6-19-21(7-9)11-4-2-3-10(15)5-11/h2-7,12,22H,8H2,1H3. The van der Waals surface area contributed by atoms with E-state index in [1.54, 1.807) is 24.3 Å². The molecular weight excluding hydrogens is 335 g/mol. The summed E-state index contributed by atoms with van der Waals surface area (Å²) in [6, 6.07) is 6.71. The van der Waals surface area contributed by atoms with Crippen LogP contribution in [0.2, 0.25) is 5.02 Å². The molecule has 0 fully saturated rings. The maximum Gasteiger partial charge on any atom is 0.416 e. The van der Waals surface area contributed by atoms with E-state index in [2.05, 4.69) is 5.10 Å². The van der Waals surface area contributed by atoms with Gasteiger partial charge in [0.2, 0.25) is 0 Å². The van der Waals surface area contributed by atoms with Crippen LogP contribution in [-0.4, -0.2) is 51.6 Å². The van der Waals surface area contributed by atoms with Crippen LogP contribution < -0.4 is 0 Å². The molecule has 1 aromatic carbocycles. The van der Waals surface area contributed by atoms with Crippen LogP contribution in [0.15, 0.2) is 36.7 Å². The zero-order valence-electron chi connectivity index (χ0n) is 12.0. The van der Waals surface area contributed by atoms with Crippen molar-refractivity contribution in [1.29, 1.82) is 0 Å². The molecular formula is C14H13ClF3N3O2. The molecule has 0 aliphatic carbocycles. The smallest absolute Gasteiger partial charge is 0.382 e. The van der Waals surface area contributed by atoms with Crippen LogP contribution in [0.4, 0.5) is 13.2 Å². The number of aromatic nitrogens is 2. The summed E-state index contributed by atoms with van der Waals surface area (Å²) in [5.74, 6) is -0.679. The van der Waals surface area contributed by atoms with Crippen LogP contribution in [0, 0.1) is 0 Å². The third-order valence-electron chi connectivity index (χ3n) is 3.07. The highest BCUT2D eigenvalue weighted by Gasteiger charge is 2.39. The Labute approximate surface area is 134 Å². The molecule has 0 aliphatic heterocycles. The molecule has 0 spiro atoms. The van der Waals surface area contributed by atoms with Gasteiger partial charge in [0.15, 0.2) is 6.10 Å². The number of nitrogens with zero attached hydrogens (tertiary/aromatic N) is 3. The van der Waals surface area contributed by atoms with E-state index in [9.17, 15) is 18.0 Å². The Morgan fingerprint density at radius 2 is 2.17 bits per heavy atom. The summed E-state index contributed by atoms with van der Waals surface area (Å²) >= 11 is 5.86. The molecule has 9 heteroatoms. The summed E-state index contributed by atoms with van der Waals surface area (Å²) in [5.41, 5.74) is 0.705. The maximum absolute atomic E-state index is 12.3. The Kier molecular flexibility index (Phi) is 4.96. The summed E-state index contributed by atoms with van der Waals surface area (Å²) in [6.07, 6.45) is -4.76. The van der Waals surface area contributed by atoms with Crippen LogP contribution in [0.1, 0.15) is 10.4 Å². The molecule has 1 aromatic heterocycles. The highest BCUT2D eigenvalue weighted by Crippen LogP contribution is 2.21. The van der Waals surface area contributed by atoms with E-state index in [1.807, 2.05) is 0 Å². The molecule has 1 N–H and O–H groups in total. The van der Waals surface area contributed by atoms with E-state index in [-0.39, 0.29) is 5.56 Å². The Hall–Kier alpha value is -2.06. The van der Waals surface area contributed by atoms with Crippen LogP contribution in [0.3, 0.4) is 0 Å². The molecule has 0 aliphatic rings. The highest BCUT2D eigenvalue weighted by molar-refractivity contribution is 6.30. The van der Waals surface area contributed by atoms with E-state index < -0.39 is 24.7 Å². The SMILES string of the molecule is CN(CC(O)C(F)(F)F)C(=O)c1cnn(-c2cccc(Cl)c2)c1. The van der Waals surface area contributed by atoms with Crippen molar-refractivity contribution >= 4 is 17.5 Å². The topological polar surface area (TPSA) is 58.4 Å². The Morgan fingerprint density at radius 1 is 1.48 bits per heavy atom. The maximum atomic E-state index is 12.3. The molecule has 1 amide bonds. The lowest BCUT2D eigenvalue weighted by Crippen LogP contribution is -2.41. The van der Waals surface area contributed by atoms with Crippen LogP contribution in [-0.2, 0) is 0 Å². The fourth-order valence-corrected chi connectivity index (χ4v) is 2.04. The number of carbonyl (C=O) groups excluding carboxylic acids is 1. The number of likely N-dealkylation sites (N-methyl/N-ethyl adjacent to an activating group) is 1. The van der Waals surface area contributed by atoms with Crippen LogP contribution in [0.5, 0.6) is 0 Å². The number of aliphatic hydroxyl groups excluding tert-OH is 1. The molecule has 1 atom stereocenters. The minimum atomic E-state index is -4.78. The molecule has 0 saturated heterocycles. The van der Waals surface area contributed by atoms with Gasteiger partial charge in [-0.2, -0.15) is 18.3 Å². The van der Waals surface area contributed by atoms with Gasteiger partial charge in [-0.1, -0.05) is 17.7 Å². The second kappa shape index (κ2) is 6.59. The zero-order valence-corrected chi connectivity index (χ0v) is 12.7. The van der Waals surface area contributed by atoms with Crippen molar-refractivity contribution in [2.75, 3.05) is 13.6 Å². The summed E-state index contributed by atoms with van der Waals surface area (Å²) in [7, 11) is 1.17. The third-order valence-corrected chi connectivity index (χ3v) is 3.31. The summed E-state index contributed by atoms with van der Waals surface area (Å²) in [4.78, 5) is 12.9. The normalized spacial score (nSPS) is 13.0. The van der Waals surface area contributed by atoms with Gasteiger partial charge in [0, 0.05) is 18.3 Å². The second-order valence-corrected chi connectivity index (χ2v) is 5.33. The number of aliphatic hydroxyl groups is 1. The van der Waals surface area contributed by atoms with Gasteiger partial charge >= 0.3 is 6.18 Å². The van der Waals surface area contributed by atoms with Gasteiger partial charge in [-0.15, -0.1) is 0 Å². The van der Waals surface area contributed by atoms with Crippen molar-refractivity contribution in [1.82, 2.24) is 14.7 Å². The van der Waals surface area contributed by atoms with Crippen molar-refractivity contribution in [3.63, 3.8) is 0 Å². The number of alkyl halides is 3. The first-order valence-electron chi connectivity index (χ1n) is 6.49. The Bertz CT molecular complexity index is 703. The quantitative estimate of drug-likeness (QED) is 0.924. The lowest BCUT2D eigenvalue weighted by molar-refractivity contribution is -0.205. The van der Waals surface area contributed by atoms with Gasteiger partial charge in [-0.25, -0.2) is 4.68 Å². The molecule has 0 radical (unpaired) electrons. The minimum absolute atomic E-state index is 0.0989. The molecule has 124 valence electrons. The summed E-state index contributed by atoms with van der Waals surface area (Å²) < 4.78 is 38.3. The van der Waals surface area contributed by atoms with Crippen molar-refractivity contribution in [2.24, 2.45) is 0 Å². The summed E-state index contributed by atoms with van der Waals surface area (Å²) in [5, 5.41) is 13.5. The number of hydrogen-bond acceptors (Lipinski definition) is 3. The van der Waals surface area contributed by atoms with Gasteiger partial charge < -0.3 is 10.0 Å². The molecule has 0 saturated carbocycles. The zero-order chi connectivity index (χ0) is 17.2. The monoisotopic (exact) mass is 347 g/mol. The van der Waals surface area contributed by atoms with Crippen molar-refractivity contribution in [2.45, 2.75) is 12.3 Å². The largest absolute Gasteiger partial charge is 0.416 e. The molecule has 23 heavy (non-hydrogen) atoms. The van der Waals surface area contributed by atoms with Gasteiger partial charge in [-0.05, 0) is 18.2 Å². The van der Waals surface area contributed by atoms with Crippen LogP contribution in [0.25, 0.3) is 5.69 Å². The van der Waals surface area contributed by atoms with Gasteiger partial charge in [0.05, 0.1) is 24.0 Å². The minimum Gasteiger partial charge on any atom is -0.382 e.